The van der Waals surface area contributed by atoms with Gasteiger partial charge in [-0.3, -0.25) is 4.68 Å². The van der Waals surface area contributed by atoms with Gasteiger partial charge >= 0.3 is 0 Å². The molecule has 1 aromatic heterocycles. The number of aliphatic hydroxyl groups excluding tert-OH is 1. The van der Waals surface area contributed by atoms with Gasteiger partial charge in [-0.1, -0.05) is 13.0 Å². The average Bonchev–Trinajstić information content (AvgIpc) is 2.75. The van der Waals surface area contributed by atoms with Crippen LogP contribution in [-0.4, -0.2) is 14.9 Å². The number of hydrogen-bond donors (Lipinski definition) is 1. The molecule has 0 spiro atoms. The van der Waals surface area contributed by atoms with E-state index in [0.29, 0.717) is 6.42 Å². The third-order valence-electron chi connectivity index (χ3n) is 3.40. The van der Waals surface area contributed by atoms with Crippen molar-refractivity contribution in [3.8, 4) is 0 Å². The number of rotatable bonds is 5. The summed E-state index contributed by atoms with van der Waals surface area (Å²) in [6, 6.07) is 4.45. The molecule has 0 radical (unpaired) electrons. The molecule has 1 atom stereocenters. The number of benzene rings is 1. The van der Waals surface area contributed by atoms with Crippen LogP contribution >= 0.6 is 38.5 Å². The van der Waals surface area contributed by atoms with Crippen LogP contribution in [0.5, 0.6) is 0 Å². The molecule has 1 unspecified atom stereocenters. The fourth-order valence-electron chi connectivity index (χ4n) is 2.28. The van der Waals surface area contributed by atoms with Crippen LogP contribution in [0.25, 0.3) is 0 Å². The van der Waals surface area contributed by atoms with E-state index >= 15 is 0 Å². The molecule has 114 valence electrons. The standard InChI is InChI=1S/C15H17BrFIN2O/c1-3-12-15(16)13(20(4-2)19-12)8-14(21)10-6-5-9(17)7-11(10)18/h5-7,14,21H,3-4,8H2,1-2H3. The van der Waals surface area contributed by atoms with Crippen molar-refractivity contribution in [3.63, 3.8) is 0 Å². The molecular formula is C15H17BrFIN2O. The molecule has 0 fully saturated rings. The van der Waals surface area contributed by atoms with Gasteiger partial charge in [0, 0.05) is 16.5 Å². The molecular weight excluding hydrogens is 450 g/mol. The molecule has 2 rings (SSSR count). The van der Waals surface area contributed by atoms with E-state index in [-0.39, 0.29) is 5.82 Å². The summed E-state index contributed by atoms with van der Waals surface area (Å²) < 4.78 is 16.8. The zero-order chi connectivity index (χ0) is 15.6. The van der Waals surface area contributed by atoms with E-state index in [2.05, 4.69) is 28.0 Å². The summed E-state index contributed by atoms with van der Waals surface area (Å²) in [5.41, 5.74) is 2.71. The molecule has 0 saturated carbocycles. The van der Waals surface area contributed by atoms with Crippen LogP contribution in [0, 0.1) is 9.39 Å². The van der Waals surface area contributed by atoms with Gasteiger partial charge in [0.1, 0.15) is 5.82 Å². The Balaban J connectivity index is 2.31. The highest BCUT2D eigenvalue weighted by Gasteiger charge is 2.19. The van der Waals surface area contributed by atoms with Gasteiger partial charge in [-0.05, 0) is 69.6 Å². The van der Waals surface area contributed by atoms with Gasteiger partial charge in [0.15, 0.2) is 0 Å². The van der Waals surface area contributed by atoms with E-state index < -0.39 is 6.10 Å². The first-order chi connectivity index (χ1) is 9.97. The summed E-state index contributed by atoms with van der Waals surface area (Å²) in [4.78, 5) is 0. The molecule has 1 N–H and O–H groups in total. The number of hydrogen-bond acceptors (Lipinski definition) is 2. The Bertz CT molecular complexity index is 645. The van der Waals surface area contributed by atoms with Crippen molar-refractivity contribution in [1.82, 2.24) is 9.78 Å². The normalized spacial score (nSPS) is 12.7. The summed E-state index contributed by atoms with van der Waals surface area (Å²) in [5, 5.41) is 15.0. The summed E-state index contributed by atoms with van der Waals surface area (Å²) in [6.45, 7) is 4.83. The topological polar surface area (TPSA) is 38.0 Å². The predicted molar refractivity (Wildman–Crippen MR) is 92.8 cm³/mol. The third-order valence-corrected chi connectivity index (χ3v) is 5.25. The molecule has 2 aromatic rings. The maximum atomic E-state index is 13.2. The molecule has 1 heterocycles. The lowest BCUT2D eigenvalue weighted by molar-refractivity contribution is 0.174. The molecule has 1 aromatic carbocycles. The van der Waals surface area contributed by atoms with Gasteiger partial charge in [0.05, 0.1) is 22.0 Å². The van der Waals surface area contributed by atoms with Crippen LogP contribution in [0.4, 0.5) is 4.39 Å². The van der Waals surface area contributed by atoms with Crippen LogP contribution in [0.3, 0.4) is 0 Å². The smallest absolute Gasteiger partial charge is 0.124 e. The van der Waals surface area contributed by atoms with E-state index in [9.17, 15) is 9.50 Å². The van der Waals surface area contributed by atoms with Gasteiger partial charge in [0.25, 0.3) is 0 Å². The quantitative estimate of drug-likeness (QED) is 0.669. The second-order valence-electron chi connectivity index (χ2n) is 4.76. The van der Waals surface area contributed by atoms with Crippen LogP contribution in [0.15, 0.2) is 22.7 Å². The van der Waals surface area contributed by atoms with Crippen LogP contribution < -0.4 is 0 Å². The Kier molecular flexibility index (Phi) is 5.79. The number of aliphatic hydroxyl groups is 1. The third kappa shape index (κ3) is 3.65. The molecule has 0 aliphatic carbocycles. The molecule has 0 amide bonds. The molecule has 0 aliphatic heterocycles. The van der Waals surface area contributed by atoms with Gasteiger partial charge in [-0.15, -0.1) is 0 Å². The number of aromatic nitrogens is 2. The van der Waals surface area contributed by atoms with Crippen LogP contribution in [-0.2, 0) is 19.4 Å². The van der Waals surface area contributed by atoms with E-state index in [1.165, 1.54) is 12.1 Å². The first kappa shape index (κ1) is 16.9. The molecule has 0 saturated heterocycles. The Labute approximate surface area is 145 Å². The van der Waals surface area contributed by atoms with Crippen LogP contribution in [0.2, 0.25) is 0 Å². The minimum atomic E-state index is -0.680. The Hall–Kier alpha value is -0.470. The highest BCUT2D eigenvalue weighted by atomic mass is 127. The van der Waals surface area contributed by atoms with Crippen molar-refractivity contribution in [3.05, 3.63) is 49.0 Å². The zero-order valence-electron chi connectivity index (χ0n) is 11.9. The second-order valence-corrected chi connectivity index (χ2v) is 6.72. The first-order valence-corrected chi connectivity index (χ1v) is 8.72. The Morgan fingerprint density at radius 2 is 2.14 bits per heavy atom. The van der Waals surface area contributed by atoms with Crippen molar-refractivity contribution >= 4 is 38.5 Å². The van der Waals surface area contributed by atoms with Crippen molar-refractivity contribution in [2.75, 3.05) is 0 Å². The van der Waals surface area contributed by atoms with Crippen molar-refractivity contribution in [1.29, 1.82) is 0 Å². The lowest BCUT2D eigenvalue weighted by Gasteiger charge is -2.14. The predicted octanol–water partition coefficient (Wildman–Crippen LogP) is 4.25. The highest BCUT2D eigenvalue weighted by Crippen LogP contribution is 2.29. The second kappa shape index (κ2) is 7.19. The minimum Gasteiger partial charge on any atom is -0.388 e. The summed E-state index contributed by atoms with van der Waals surface area (Å²) in [7, 11) is 0. The zero-order valence-corrected chi connectivity index (χ0v) is 15.6. The maximum Gasteiger partial charge on any atom is 0.124 e. The lowest BCUT2D eigenvalue weighted by Crippen LogP contribution is -2.10. The van der Waals surface area contributed by atoms with Gasteiger partial charge in [-0.2, -0.15) is 5.10 Å². The van der Waals surface area contributed by atoms with E-state index in [1.54, 1.807) is 6.07 Å². The van der Waals surface area contributed by atoms with Crippen molar-refractivity contribution < 1.29 is 9.50 Å². The molecule has 3 nitrogen and oxygen atoms in total. The monoisotopic (exact) mass is 466 g/mol. The fraction of sp³-hybridized carbons (Fsp3) is 0.400. The summed E-state index contributed by atoms with van der Waals surface area (Å²) in [5.74, 6) is -0.289. The fourth-order valence-corrected chi connectivity index (χ4v) is 3.84. The van der Waals surface area contributed by atoms with E-state index in [4.69, 9.17) is 0 Å². The largest absolute Gasteiger partial charge is 0.388 e. The summed E-state index contributed by atoms with van der Waals surface area (Å²) in [6.07, 6.45) is 0.605. The van der Waals surface area contributed by atoms with Crippen LogP contribution in [0.1, 0.15) is 36.9 Å². The number of halogens is 3. The maximum absolute atomic E-state index is 13.2. The van der Waals surface area contributed by atoms with E-state index in [1.807, 2.05) is 34.2 Å². The molecule has 0 aliphatic rings. The highest BCUT2D eigenvalue weighted by molar-refractivity contribution is 14.1. The number of nitrogens with zero attached hydrogens (tertiary/aromatic N) is 2. The Morgan fingerprint density at radius 3 is 2.71 bits per heavy atom. The van der Waals surface area contributed by atoms with Gasteiger partial charge < -0.3 is 5.11 Å². The Morgan fingerprint density at radius 1 is 1.43 bits per heavy atom. The molecule has 21 heavy (non-hydrogen) atoms. The van der Waals surface area contributed by atoms with Gasteiger partial charge in [-0.25, -0.2) is 4.39 Å². The molecule has 0 bridgehead atoms. The average molecular weight is 467 g/mol. The minimum absolute atomic E-state index is 0.289. The van der Waals surface area contributed by atoms with Gasteiger partial charge in [0.2, 0.25) is 0 Å². The van der Waals surface area contributed by atoms with Crippen molar-refractivity contribution in [2.45, 2.75) is 39.3 Å². The van der Waals surface area contributed by atoms with Crippen molar-refractivity contribution in [2.24, 2.45) is 0 Å². The summed E-state index contributed by atoms with van der Waals surface area (Å²) >= 11 is 5.63. The first-order valence-electron chi connectivity index (χ1n) is 6.84. The number of aryl methyl sites for hydroxylation is 2. The lowest BCUT2D eigenvalue weighted by atomic mass is 10.0. The molecule has 6 heteroatoms. The SMILES string of the molecule is CCc1nn(CC)c(CC(O)c2ccc(F)cc2I)c1Br. The van der Waals surface area contributed by atoms with E-state index in [0.717, 1.165) is 38.0 Å².